The number of benzene rings is 1. The van der Waals surface area contributed by atoms with Gasteiger partial charge in [-0.05, 0) is 19.0 Å². The molecule has 2 aliphatic rings. The number of fused-ring (bicyclic) bond motifs is 1. The Bertz CT molecular complexity index is 583. The van der Waals surface area contributed by atoms with E-state index in [0.717, 1.165) is 57.0 Å². The molecule has 0 saturated carbocycles. The number of nitrogens with two attached hydrogens (primary N) is 1. The van der Waals surface area contributed by atoms with E-state index in [1.165, 1.54) is 0 Å². The van der Waals surface area contributed by atoms with Crippen LogP contribution < -0.4 is 15.8 Å². The summed E-state index contributed by atoms with van der Waals surface area (Å²) in [6, 6.07) is 8.32. The van der Waals surface area contributed by atoms with Crippen molar-refractivity contribution in [2.45, 2.75) is 19.4 Å². The fourth-order valence-electron chi connectivity index (χ4n) is 3.50. The van der Waals surface area contributed by atoms with E-state index in [2.05, 4.69) is 40.1 Å². The third-order valence-corrected chi connectivity index (χ3v) is 5.02. The minimum absolute atomic E-state index is 0.182. The number of aliphatic imine (C=N–C) groups is 1. The van der Waals surface area contributed by atoms with Gasteiger partial charge in [-0.2, -0.15) is 0 Å². The number of hydrogen-bond acceptors (Lipinski definition) is 4. The van der Waals surface area contributed by atoms with Crippen molar-refractivity contribution in [1.82, 2.24) is 15.1 Å². The molecule has 138 valence electrons. The molecule has 0 amide bonds. The van der Waals surface area contributed by atoms with Gasteiger partial charge in [0.2, 0.25) is 0 Å². The maximum Gasteiger partial charge on any atom is 0.189 e. The molecule has 6 nitrogen and oxygen atoms in total. The highest BCUT2D eigenvalue weighted by molar-refractivity contribution is 5.78. The van der Waals surface area contributed by atoms with Gasteiger partial charge in [0.05, 0.1) is 12.6 Å². The number of nitrogens with zero attached hydrogens (tertiary/aromatic N) is 3. The summed E-state index contributed by atoms with van der Waals surface area (Å²) in [5.41, 5.74) is 7.30. The van der Waals surface area contributed by atoms with Crippen molar-refractivity contribution in [3.8, 4) is 5.75 Å². The first-order chi connectivity index (χ1) is 12.1. The van der Waals surface area contributed by atoms with E-state index in [-0.39, 0.29) is 6.04 Å². The number of ether oxygens (including phenoxy) is 1. The summed E-state index contributed by atoms with van der Waals surface area (Å²) in [7, 11) is 2.19. The fourth-order valence-corrected chi connectivity index (χ4v) is 3.50. The Hall–Kier alpha value is -1.79. The van der Waals surface area contributed by atoms with Crippen LogP contribution in [0.25, 0.3) is 0 Å². The molecule has 0 bridgehead atoms. The molecule has 25 heavy (non-hydrogen) atoms. The summed E-state index contributed by atoms with van der Waals surface area (Å²) in [6.45, 7) is 9.42. The van der Waals surface area contributed by atoms with E-state index in [0.29, 0.717) is 18.5 Å². The highest BCUT2D eigenvalue weighted by Crippen LogP contribution is 2.31. The van der Waals surface area contributed by atoms with Crippen molar-refractivity contribution in [3.05, 3.63) is 29.8 Å². The number of piperazine rings is 1. The Morgan fingerprint density at radius 3 is 2.88 bits per heavy atom. The van der Waals surface area contributed by atoms with E-state index in [4.69, 9.17) is 10.5 Å². The summed E-state index contributed by atoms with van der Waals surface area (Å²) in [5, 5.41) is 3.37. The Labute approximate surface area is 151 Å². The summed E-state index contributed by atoms with van der Waals surface area (Å²) in [4.78, 5) is 9.49. The van der Waals surface area contributed by atoms with Gasteiger partial charge in [-0.1, -0.05) is 25.1 Å². The van der Waals surface area contributed by atoms with Gasteiger partial charge in [-0.3, -0.25) is 4.99 Å². The first-order valence-corrected chi connectivity index (χ1v) is 9.31. The van der Waals surface area contributed by atoms with E-state index < -0.39 is 0 Å². The summed E-state index contributed by atoms with van der Waals surface area (Å²) in [6.07, 6.45) is 0.907. The zero-order valence-electron chi connectivity index (χ0n) is 15.4. The van der Waals surface area contributed by atoms with Crippen molar-refractivity contribution in [1.29, 1.82) is 0 Å². The monoisotopic (exact) mass is 345 g/mol. The summed E-state index contributed by atoms with van der Waals surface area (Å²) in [5.74, 6) is 1.99. The molecule has 0 spiro atoms. The standard InChI is InChI=1S/C19H31N5O/c1-15(14-24-10-8-23(2)9-11-24)13-21-19(20)22-17-7-12-25-18-6-4-3-5-16(17)18/h3-6,15,17H,7-14H2,1-2H3,(H3,20,21,22). The number of likely N-dealkylation sites (N-methyl/N-ethyl adjacent to an activating group) is 1. The highest BCUT2D eigenvalue weighted by Gasteiger charge is 2.21. The molecule has 1 fully saturated rings. The second-order valence-corrected chi connectivity index (χ2v) is 7.31. The van der Waals surface area contributed by atoms with Crippen LogP contribution in [0, 0.1) is 5.92 Å². The number of hydrogen-bond donors (Lipinski definition) is 2. The SMILES string of the molecule is CC(CN=C(N)NC1CCOc2ccccc21)CN1CCN(C)CC1. The molecule has 3 rings (SSSR count). The normalized spacial score (nSPS) is 23.6. The highest BCUT2D eigenvalue weighted by atomic mass is 16.5. The third-order valence-electron chi connectivity index (χ3n) is 5.02. The van der Waals surface area contributed by atoms with E-state index >= 15 is 0 Å². The molecular weight excluding hydrogens is 314 g/mol. The van der Waals surface area contributed by atoms with Crippen molar-refractivity contribution in [2.75, 3.05) is 52.9 Å². The molecule has 0 aromatic heterocycles. The molecule has 3 N–H and O–H groups in total. The average Bonchev–Trinajstić information content (AvgIpc) is 2.62. The molecule has 0 radical (unpaired) electrons. The van der Waals surface area contributed by atoms with Crippen LogP contribution >= 0.6 is 0 Å². The van der Waals surface area contributed by atoms with Crippen LogP contribution in [0.1, 0.15) is 24.9 Å². The van der Waals surface area contributed by atoms with Crippen molar-refractivity contribution in [3.63, 3.8) is 0 Å². The van der Waals surface area contributed by atoms with E-state index in [1.54, 1.807) is 0 Å². The van der Waals surface area contributed by atoms with Gasteiger partial charge in [-0.25, -0.2) is 0 Å². The zero-order valence-corrected chi connectivity index (χ0v) is 15.4. The number of rotatable bonds is 5. The zero-order chi connectivity index (χ0) is 17.6. The van der Waals surface area contributed by atoms with E-state index in [1.807, 2.05) is 18.2 Å². The third kappa shape index (κ3) is 5.09. The lowest BCUT2D eigenvalue weighted by Crippen LogP contribution is -2.46. The fraction of sp³-hybridized carbons (Fsp3) is 0.632. The molecule has 1 aromatic carbocycles. The van der Waals surface area contributed by atoms with Crippen LogP contribution in [0.4, 0.5) is 0 Å². The van der Waals surface area contributed by atoms with E-state index in [9.17, 15) is 0 Å². The maximum atomic E-state index is 6.14. The molecule has 2 heterocycles. The smallest absolute Gasteiger partial charge is 0.189 e. The van der Waals surface area contributed by atoms with Gasteiger partial charge in [0, 0.05) is 51.3 Å². The quantitative estimate of drug-likeness (QED) is 0.622. The predicted octanol–water partition coefficient (Wildman–Crippen LogP) is 1.30. The molecule has 2 aliphatic heterocycles. The van der Waals surface area contributed by atoms with Gasteiger partial charge in [0.15, 0.2) is 5.96 Å². The van der Waals surface area contributed by atoms with Crippen LogP contribution in [0.2, 0.25) is 0 Å². The van der Waals surface area contributed by atoms with Gasteiger partial charge in [0.1, 0.15) is 5.75 Å². The van der Waals surface area contributed by atoms with Crippen LogP contribution in [0.5, 0.6) is 5.75 Å². The van der Waals surface area contributed by atoms with Gasteiger partial charge < -0.3 is 25.6 Å². The second-order valence-electron chi connectivity index (χ2n) is 7.31. The van der Waals surface area contributed by atoms with Gasteiger partial charge in [-0.15, -0.1) is 0 Å². The predicted molar refractivity (Wildman–Crippen MR) is 102 cm³/mol. The molecule has 0 aliphatic carbocycles. The average molecular weight is 345 g/mol. The molecule has 1 aromatic rings. The van der Waals surface area contributed by atoms with Crippen molar-refractivity contribution in [2.24, 2.45) is 16.6 Å². The molecular formula is C19H31N5O. The Morgan fingerprint density at radius 1 is 1.32 bits per heavy atom. The van der Waals surface area contributed by atoms with Crippen LogP contribution in [-0.2, 0) is 0 Å². The summed E-state index contributed by atoms with van der Waals surface area (Å²) < 4.78 is 5.70. The largest absolute Gasteiger partial charge is 0.493 e. The molecule has 6 heteroatoms. The minimum atomic E-state index is 0.182. The molecule has 2 atom stereocenters. The maximum absolute atomic E-state index is 6.14. The van der Waals surface area contributed by atoms with Crippen LogP contribution in [0.3, 0.4) is 0 Å². The number of guanidine groups is 1. The Kier molecular flexibility index (Phi) is 6.15. The topological polar surface area (TPSA) is 66.1 Å². The molecule has 2 unspecified atom stereocenters. The first-order valence-electron chi connectivity index (χ1n) is 9.31. The minimum Gasteiger partial charge on any atom is -0.493 e. The number of nitrogens with one attached hydrogen (secondary N) is 1. The Morgan fingerprint density at radius 2 is 2.08 bits per heavy atom. The molecule has 1 saturated heterocycles. The second kappa shape index (κ2) is 8.54. The summed E-state index contributed by atoms with van der Waals surface area (Å²) >= 11 is 0. The van der Waals surface area contributed by atoms with Crippen molar-refractivity contribution < 1.29 is 4.74 Å². The van der Waals surface area contributed by atoms with Crippen molar-refractivity contribution >= 4 is 5.96 Å². The lowest BCUT2D eigenvalue weighted by Gasteiger charge is -2.33. The van der Waals surface area contributed by atoms with Crippen LogP contribution in [-0.4, -0.2) is 68.7 Å². The Balaban J connectivity index is 1.47. The van der Waals surface area contributed by atoms with Gasteiger partial charge in [0.25, 0.3) is 0 Å². The van der Waals surface area contributed by atoms with Crippen LogP contribution in [0.15, 0.2) is 29.3 Å². The van der Waals surface area contributed by atoms with Gasteiger partial charge >= 0.3 is 0 Å². The first kappa shape index (κ1) is 18.0. The lowest BCUT2D eigenvalue weighted by molar-refractivity contribution is 0.140. The number of para-hydroxylation sites is 1. The lowest BCUT2D eigenvalue weighted by atomic mass is 10.0.